The first kappa shape index (κ1) is 10.4. The molecule has 2 rings (SSSR count). The van der Waals surface area contributed by atoms with Crippen molar-refractivity contribution >= 4 is 0 Å². The van der Waals surface area contributed by atoms with Gasteiger partial charge in [0.1, 0.15) is 0 Å². The van der Waals surface area contributed by atoms with Gasteiger partial charge in [-0.15, -0.1) is 0 Å². The van der Waals surface area contributed by atoms with Crippen LogP contribution in [0.3, 0.4) is 0 Å². The van der Waals surface area contributed by atoms with E-state index in [0.29, 0.717) is 23.5 Å². The monoisotopic (exact) mass is 197 g/mol. The van der Waals surface area contributed by atoms with Gasteiger partial charge in [0.15, 0.2) is 0 Å². The van der Waals surface area contributed by atoms with Crippen LogP contribution in [-0.2, 0) is 4.74 Å². The van der Waals surface area contributed by atoms with Crippen molar-refractivity contribution in [2.45, 2.75) is 46.1 Å². The fourth-order valence-electron chi connectivity index (χ4n) is 3.60. The molecule has 2 fully saturated rings. The van der Waals surface area contributed by atoms with Gasteiger partial charge in [-0.2, -0.15) is 0 Å². The van der Waals surface area contributed by atoms with Gasteiger partial charge in [-0.25, -0.2) is 0 Å². The fraction of sp³-hybridized carbons (Fsp3) is 1.00. The van der Waals surface area contributed by atoms with Crippen molar-refractivity contribution in [1.82, 2.24) is 0 Å². The van der Waals surface area contributed by atoms with E-state index < -0.39 is 0 Å². The summed E-state index contributed by atoms with van der Waals surface area (Å²) < 4.78 is 5.86. The normalized spacial score (nSPS) is 44.6. The summed E-state index contributed by atoms with van der Waals surface area (Å²) in [6.45, 7) is 8.64. The minimum Gasteiger partial charge on any atom is -0.377 e. The Morgan fingerprint density at radius 1 is 1.36 bits per heavy atom. The standard InChI is InChI=1S/C12H23NO/c1-11(2)9-4-5-12(11,3)8-10(9)14-7-6-13/h9-10H,4-8,13H2,1-3H3. The number of ether oxygens (including phenoxy) is 1. The first-order valence-corrected chi connectivity index (χ1v) is 5.83. The lowest BCUT2D eigenvalue weighted by Gasteiger charge is -2.33. The van der Waals surface area contributed by atoms with E-state index in [1.165, 1.54) is 19.3 Å². The third-order valence-corrected chi connectivity index (χ3v) is 5.04. The van der Waals surface area contributed by atoms with Crippen LogP contribution in [0.4, 0.5) is 0 Å². The van der Waals surface area contributed by atoms with Crippen molar-refractivity contribution in [2.75, 3.05) is 13.2 Å². The Kier molecular flexibility index (Phi) is 2.39. The zero-order valence-electron chi connectivity index (χ0n) is 9.68. The molecule has 82 valence electrons. The average molecular weight is 197 g/mol. The molecule has 2 aliphatic carbocycles. The smallest absolute Gasteiger partial charge is 0.0614 e. The third kappa shape index (κ3) is 1.24. The zero-order chi connectivity index (χ0) is 10.4. The van der Waals surface area contributed by atoms with Gasteiger partial charge in [-0.05, 0) is 36.0 Å². The van der Waals surface area contributed by atoms with E-state index in [2.05, 4.69) is 20.8 Å². The molecule has 2 N–H and O–H groups in total. The van der Waals surface area contributed by atoms with Crippen LogP contribution in [-0.4, -0.2) is 19.3 Å². The second-order valence-corrected chi connectivity index (χ2v) is 5.83. The molecule has 0 aromatic carbocycles. The van der Waals surface area contributed by atoms with Gasteiger partial charge in [0.05, 0.1) is 12.7 Å². The van der Waals surface area contributed by atoms with Crippen LogP contribution < -0.4 is 5.73 Å². The number of nitrogens with two attached hydrogens (primary N) is 1. The SMILES string of the molecule is CC12CCC(C(OCCN)C1)C2(C)C. The van der Waals surface area contributed by atoms with Crippen molar-refractivity contribution < 1.29 is 4.74 Å². The van der Waals surface area contributed by atoms with E-state index in [-0.39, 0.29) is 0 Å². The maximum Gasteiger partial charge on any atom is 0.0614 e. The molecule has 0 aliphatic heterocycles. The molecule has 2 aliphatic rings. The zero-order valence-corrected chi connectivity index (χ0v) is 9.68. The molecule has 0 aromatic heterocycles. The Labute approximate surface area is 87.2 Å². The molecule has 3 atom stereocenters. The van der Waals surface area contributed by atoms with Crippen LogP contribution in [0.5, 0.6) is 0 Å². The minimum absolute atomic E-state index is 0.465. The summed E-state index contributed by atoms with van der Waals surface area (Å²) in [5, 5.41) is 0. The summed E-state index contributed by atoms with van der Waals surface area (Å²) in [6, 6.07) is 0. The number of hydrogen-bond donors (Lipinski definition) is 1. The summed E-state index contributed by atoms with van der Waals surface area (Å²) >= 11 is 0. The van der Waals surface area contributed by atoms with Gasteiger partial charge in [0.2, 0.25) is 0 Å². The van der Waals surface area contributed by atoms with Crippen LogP contribution in [0.2, 0.25) is 0 Å². The van der Waals surface area contributed by atoms with Gasteiger partial charge in [0.25, 0.3) is 0 Å². The van der Waals surface area contributed by atoms with E-state index in [4.69, 9.17) is 10.5 Å². The number of fused-ring (bicyclic) bond motifs is 2. The van der Waals surface area contributed by atoms with Crippen molar-refractivity contribution in [3.8, 4) is 0 Å². The Morgan fingerprint density at radius 2 is 2.07 bits per heavy atom. The van der Waals surface area contributed by atoms with E-state index in [0.717, 1.165) is 12.5 Å². The highest BCUT2D eigenvalue weighted by atomic mass is 16.5. The van der Waals surface area contributed by atoms with Crippen LogP contribution in [0, 0.1) is 16.7 Å². The van der Waals surface area contributed by atoms with E-state index in [9.17, 15) is 0 Å². The van der Waals surface area contributed by atoms with Crippen LogP contribution in [0.15, 0.2) is 0 Å². The van der Waals surface area contributed by atoms with Crippen molar-refractivity contribution in [1.29, 1.82) is 0 Å². The molecule has 14 heavy (non-hydrogen) atoms. The second-order valence-electron chi connectivity index (χ2n) is 5.83. The second kappa shape index (κ2) is 3.21. The Bertz CT molecular complexity index is 224. The van der Waals surface area contributed by atoms with Gasteiger partial charge in [-0.3, -0.25) is 0 Å². The number of rotatable bonds is 3. The molecule has 0 aromatic rings. The summed E-state index contributed by atoms with van der Waals surface area (Å²) in [6.07, 6.45) is 4.45. The van der Waals surface area contributed by atoms with Crippen molar-refractivity contribution in [3.63, 3.8) is 0 Å². The van der Waals surface area contributed by atoms with Crippen molar-refractivity contribution in [2.24, 2.45) is 22.5 Å². The molecule has 2 saturated carbocycles. The van der Waals surface area contributed by atoms with Gasteiger partial charge < -0.3 is 10.5 Å². The summed E-state index contributed by atoms with van der Waals surface area (Å²) in [4.78, 5) is 0. The Hall–Kier alpha value is -0.0800. The molecule has 2 nitrogen and oxygen atoms in total. The molecule has 0 heterocycles. The first-order valence-electron chi connectivity index (χ1n) is 5.83. The maximum atomic E-state index is 5.86. The van der Waals surface area contributed by atoms with Crippen molar-refractivity contribution in [3.05, 3.63) is 0 Å². The molecule has 0 spiro atoms. The van der Waals surface area contributed by atoms with E-state index >= 15 is 0 Å². The number of hydrogen-bond acceptors (Lipinski definition) is 2. The van der Waals surface area contributed by atoms with Crippen LogP contribution in [0.1, 0.15) is 40.0 Å². The highest BCUT2D eigenvalue weighted by Crippen LogP contribution is 2.66. The summed E-state index contributed by atoms with van der Waals surface area (Å²) in [5.41, 5.74) is 6.46. The Morgan fingerprint density at radius 3 is 2.50 bits per heavy atom. The summed E-state index contributed by atoms with van der Waals surface area (Å²) in [7, 11) is 0. The third-order valence-electron chi connectivity index (χ3n) is 5.04. The average Bonchev–Trinajstić information content (AvgIpc) is 2.45. The van der Waals surface area contributed by atoms with E-state index in [1.807, 2.05) is 0 Å². The molecule has 2 bridgehead atoms. The molecule has 2 heteroatoms. The maximum absolute atomic E-state index is 5.86. The lowest BCUT2D eigenvalue weighted by Crippen LogP contribution is -2.27. The predicted molar refractivity (Wildman–Crippen MR) is 58.0 cm³/mol. The van der Waals surface area contributed by atoms with Gasteiger partial charge in [-0.1, -0.05) is 20.8 Å². The minimum atomic E-state index is 0.465. The van der Waals surface area contributed by atoms with Gasteiger partial charge in [0, 0.05) is 6.54 Å². The predicted octanol–water partition coefficient (Wildman–Crippen LogP) is 2.18. The van der Waals surface area contributed by atoms with Crippen LogP contribution in [0.25, 0.3) is 0 Å². The molecular formula is C12H23NO. The summed E-state index contributed by atoms with van der Waals surface area (Å²) in [5.74, 6) is 0.763. The Balaban J connectivity index is 2.07. The topological polar surface area (TPSA) is 35.2 Å². The molecule has 0 amide bonds. The first-order chi connectivity index (χ1) is 6.51. The fourth-order valence-corrected chi connectivity index (χ4v) is 3.60. The quantitative estimate of drug-likeness (QED) is 0.752. The lowest BCUT2D eigenvalue weighted by molar-refractivity contribution is 0.00940. The highest BCUT2D eigenvalue weighted by molar-refractivity contribution is 5.10. The van der Waals surface area contributed by atoms with Crippen LogP contribution >= 0.6 is 0 Å². The largest absolute Gasteiger partial charge is 0.377 e. The molecular weight excluding hydrogens is 174 g/mol. The molecule has 0 saturated heterocycles. The molecule has 3 unspecified atom stereocenters. The highest BCUT2D eigenvalue weighted by Gasteiger charge is 2.60. The lowest BCUT2D eigenvalue weighted by atomic mass is 9.71. The van der Waals surface area contributed by atoms with Gasteiger partial charge >= 0.3 is 0 Å². The van der Waals surface area contributed by atoms with E-state index in [1.54, 1.807) is 0 Å². The molecule has 0 radical (unpaired) electrons.